The maximum absolute atomic E-state index is 13.3. The highest BCUT2D eigenvalue weighted by molar-refractivity contribution is 7.89. The minimum absolute atomic E-state index is 0.0575. The molecule has 9 heteroatoms. The van der Waals surface area contributed by atoms with Crippen LogP contribution in [0.4, 0.5) is 0 Å². The number of hydrogen-bond donors (Lipinski definition) is 2. The van der Waals surface area contributed by atoms with E-state index in [0.717, 1.165) is 51.4 Å². The first kappa shape index (κ1) is 25.6. The maximum atomic E-state index is 13.3. The van der Waals surface area contributed by atoms with Gasteiger partial charge in [0.1, 0.15) is 0 Å². The molecule has 2 N–H and O–H groups in total. The highest BCUT2D eigenvalue weighted by atomic mass is 32.2. The van der Waals surface area contributed by atoms with E-state index in [9.17, 15) is 21.6 Å². The molecule has 0 radical (unpaired) electrons. The van der Waals surface area contributed by atoms with E-state index in [0.29, 0.717) is 23.0 Å². The summed E-state index contributed by atoms with van der Waals surface area (Å²) in [6.45, 7) is 4.36. The molecule has 194 valence electrons. The molecule has 0 saturated heterocycles. The van der Waals surface area contributed by atoms with Gasteiger partial charge in [0.05, 0.1) is 9.79 Å². The van der Waals surface area contributed by atoms with E-state index in [1.165, 1.54) is 24.3 Å². The lowest BCUT2D eigenvalue weighted by Crippen LogP contribution is -2.37. The third kappa shape index (κ3) is 5.03. The lowest BCUT2D eigenvalue weighted by Gasteiger charge is -2.26. The van der Waals surface area contributed by atoms with E-state index in [4.69, 9.17) is 0 Å². The Morgan fingerprint density at radius 2 is 0.944 bits per heavy atom. The van der Waals surface area contributed by atoms with Gasteiger partial charge < -0.3 is 0 Å². The van der Waals surface area contributed by atoms with Crippen molar-refractivity contribution in [1.29, 1.82) is 0 Å². The van der Waals surface area contributed by atoms with Gasteiger partial charge in [-0.1, -0.05) is 26.0 Å². The van der Waals surface area contributed by atoms with Gasteiger partial charge in [-0.2, -0.15) is 0 Å². The van der Waals surface area contributed by atoms with Gasteiger partial charge in [-0.3, -0.25) is 4.79 Å². The van der Waals surface area contributed by atoms with E-state index in [2.05, 4.69) is 23.3 Å². The van der Waals surface area contributed by atoms with Gasteiger partial charge in [0.25, 0.3) is 0 Å². The summed E-state index contributed by atoms with van der Waals surface area (Å²) in [7, 11) is -7.54. The monoisotopic (exact) mass is 530 g/mol. The van der Waals surface area contributed by atoms with Gasteiger partial charge in [0, 0.05) is 23.2 Å². The molecule has 2 saturated carbocycles. The Morgan fingerprint density at radius 1 is 0.583 bits per heavy atom. The third-order valence-electron chi connectivity index (χ3n) is 8.06. The lowest BCUT2D eigenvalue weighted by molar-refractivity contribution is 0.104. The number of carbonyl (C=O) groups excluding carboxylic acids is 1. The number of benzene rings is 2. The molecule has 3 aliphatic carbocycles. The van der Waals surface area contributed by atoms with E-state index in [1.54, 1.807) is 12.1 Å². The molecule has 0 heterocycles. The Bertz CT molecular complexity index is 1280. The van der Waals surface area contributed by atoms with E-state index in [-0.39, 0.29) is 38.8 Å². The Kier molecular flexibility index (Phi) is 6.87. The summed E-state index contributed by atoms with van der Waals surface area (Å²) in [6, 6.07) is 8.97. The molecule has 2 aromatic rings. The molecule has 0 atom stereocenters. The van der Waals surface area contributed by atoms with Crippen LogP contribution in [-0.2, 0) is 20.0 Å². The molecule has 0 amide bonds. The van der Waals surface area contributed by atoms with Gasteiger partial charge in [-0.15, -0.1) is 0 Å². The summed E-state index contributed by atoms with van der Waals surface area (Å²) in [4.78, 5) is 13.4. The van der Waals surface area contributed by atoms with E-state index < -0.39 is 20.0 Å². The van der Waals surface area contributed by atoms with Crippen molar-refractivity contribution in [3.63, 3.8) is 0 Å². The summed E-state index contributed by atoms with van der Waals surface area (Å²) in [6.07, 6.45) is 7.19. The van der Waals surface area contributed by atoms with Gasteiger partial charge in [-0.05, 0) is 98.6 Å². The van der Waals surface area contributed by atoms with Crippen LogP contribution in [-0.4, -0.2) is 34.7 Å². The molecule has 0 aromatic heterocycles. The van der Waals surface area contributed by atoms with Crippen molar-refractivity contribution in [2.75, 3.05) is 0 Å². The van der Waals surface area contributed by atoms with Crippen LogP contribution in [0.2, 0.25) is 0 Å². The minimum atomic E-state index is -3.77. The first-order valence-electron chi connectivity index (χ1n) is 12.9. The standard InChI is InChI=1S/C27H34N2O5S2/c1-17-3-7-19(8-4-17)28-35(31,32)21-11-13-23-24-14-12-22(16-26(24)27(30)25(23)15-21)36(33,34)29-20-9-5-18(2)6-10-20/h11-20,28-29H,3-10H2,1-2H3. The molecule has 7 nitrogen and oxygen atoms in total. The second-order valence-corrected chi connectivity index (χ2v) is 14.3. The van der Waals surface area contributed by atoms with Crippen molar-refractivity contribution in [3.8, 4) is 11.1 Å². The SMILES string of the molecule is CC1CCC(NS(=O)(=O)c2ccc3c(c2)C(=O)c2cc(S(=O)(=O)NC4CCC(C)CC4)ccc2-3)CC1. The third-order valence-corrected chi connectivity index (χ3v) is 11.1. The highest BCUT2D eigenvalue weighted by Gasteiger charge is 2.32. The van der Waals surface area contributed by atoms with Gasteiger partial charge >= 0.3 is 0 Å². The topological polar surface area (TPSA) is 109 Å². The van der Waals surface area contributed by atoms with Crippen molar-refractivity contribution in [1.82, 2.24) is 9.44 Å². The van der Waals surface area contributed by atoms with Crippen LogP contribution in [0, 0.1) is 11.8 Å². The van der Waals surface area contributed by atoms with Crippen LogP contribution in [0.3, 0.4) is 0 Å². The summed E-state index contributed by atoms with van der Waals surface area (Å²) >= 11 is 0. The van der Waals surface area contributed by atoms with Crippen molar-refractivity contribution in [2.24, 2.45) is 11.8 Å². The number of sulfonamides is 2. The van der Waals surface area contributed by atoms with Gasteiger partial charge in [0.15, 0.2) is 5.78 Å². The predicted molar refractivity (Wildman–Crippen MR) is 139 cm³/mol. The summed E-state index contributed by atoms with van der Waals surface area (Å²) in [5.41, 5.74) is 1.82. The van der Waals surface area contributed by atoms with Crippen LogP contribution in [0.5, 0.6) is 0 Å². The van der Waals surface area contributed by atoms with Gasteiger partial charge in [-0.25, -0.2) is 26.3 Å². The van der Waals surface area contributed by atoms with E-state index >= 15 is 0 Å². The van der Waals surface area contributed by atoms with Crippen molar-refractivity contribution < 1.29 is 21.6 Å². The van der Waals surface area contributed by atoms with Crippen LogP contribution in [0.1, 0.15) is 81.1 Å². The Morgan fingerprint density at radius 3 is 1.31 bits per heavy atom. The van der Waals surface area contributed by atoms with Crippen molar-refractivity contribution in [2.45, 2.75) is 87.1 Å². The number of rotatable bonds is 6. The number of ketones is 1. The summed E-state index contributed by atoms with van der Waals surface area (Å²) < 4.78 is 57.8. The Balaban J connectivity index is 1.37. The average molecular weight is 531 g/mol. The molecule has 2 aromatic carbocycles. The van der Waals surface area contributed by atoms with E-state index in [1.807, 2.05) is 0 Å². The molecule has 0 spiro atoms. The number of hydrogen-bond acceptors (Lipinski definition) is 5. The van der Waals surface area contributed by atoms with Crippen LogP contribution >= 0.6 is 0 Å². The first-order chi connectivity index (χ1) is 17.0. The minimum Gasteiger partial charge on any atom is -0.289 e. The van der Waals surface area contributed by atoms with Crippen molar-refractivity contribution in [3.05, 3.63) is 47.5 Å². The molecule has 2 fully saturated rings. The zero-order valence-corrected chi connectivity index (χ0v) is 22.4. The largest absolute Gasteiger partial charge is 0.289 e. The molecule has 0 aliphatic heterocycles. The lowest BCUT2D eigenvalue weighted by atomic mass is 9.88. The molecule has 3 aliphatic rings. The number of carbonyl (C=O) groups is 1. The second kappa shape index (κ2) is 9.67. The zero-order valence-electron chi connectivity index (χ0n) is 20.8. The molecule has 36 heavy (non-hydrogen) atoms. The van der Waals surface area contributed by atoms with Crippen LogP contribution < -0.4 is 9.44 Å². The Labute approximate surface area is 214 Å². The summed E-state index contributed by atoms with van der Waals surface area (Å²) in [5, 5.41) is 0. The fourth-order valence-corrected chi connectivity index (χ4v) is 8.36. The summed E-state index contributed by atoms with van der Waals surface area (Å²) in [5.74, 6) is 0.862. The number of nitrogens with one attached hydrogen (secondary N) is 2. The molecule has 0 bridgehead atoms. The normalized spacial score (nSPS) is 26.4. The molecule has 5 rings (SSSR count). The smallest absolute Gasteiger partial charge is 0.240 e. The Hall–Kier alpha value is -2.07. The fraction of sp³-hybridized carbons (Fsp3) is 0.519. The fourth-order valence-electron chi connectivity index (χ4n) is 5.70. The zero-order chi connectivity index (χ0) is 25.7. The quantitative estimate of drug-likeness (QED) is 0.484. The number of fused-ring (bicyclic) bond motifs is 3. The maximum Gasteiger partial charge on any atom is 0.240 e. The highest BCUT2D eigenvalue weighted by Crippen LogP contribution is 2.39. The second-order valence-electron chi connectivity index (χ2n) is 10.9. The molecule has 0 unspecified atom stereocenters. The molecular formula is C27H34N2O5S2. The predicted octanol–water partition coefficient (Wildman–Crippen LogP) is 4.61. The average Bonchev–Trinajstić information content (AvgIpc) is 3.13. The molecular weight excluding hydrogens is 496 g/mol. The van der Waals surface area contributed by atoms with Crippen LogP contribution in [0.25, 0.3) is 11.1 Å². The van der Waals surface area contributed by atoms with Gasteiger partial charge in [0.2, 0.25) is 20.0 Å². The first-order valence-corrected chi connectivity index (χ1v) is 15.9. The van der Waals surface area contributed by atoms with Crippen molar-refractivity contribution >= 4 is 25.8 Å². The van der Waals surface area contributed by atoms with Crippen LogP contribution in [0.15, 0.2) is 46.2 Å².